The van der Waals surface area contributed by atoms with E-state index < -0.39 is 16.4 Å². The second kappa shape index (κ2) is 10.5. The standard InChI is InChI=1S/C29H36O5/c1-4-15-28(20-30)25-16-29(34-22-31-3,17-26(25)33-19-24-13-9-6-10-14-24)27(28,2)21-32-18-23-11-7-5-8-12-23/h4-14,20,25-26H,1,15-19,21-22H2,2-3H3/t25-,26+,27+,28+,29-/m1/s1. The van der Waals surface area contributed by atoms with Gasteiger partial charge in [0.05, 0.1) is 31.5 Å². The first-order valence-electron chi connectivity index (χ1n) is 12.0. The van der Waals surface area contributed by atoms with Crippen LogP contribution in [-0.4, -0.2) is 38.5 Å². The molecule has 34 heavy (non-hydrogen) atoms. The molecule has 0 radical (unpaired) electrons. The molecule has 2 aliphatic carbocycles. The normalized spacial score (nSPS) is 32.1. The van der Waals surface area contributed by atoms with E-state index in [9.17, 15) is 4.79 Å². The monoisotopic (exact) mass is 464 g/mol. The van der Waals surface area contributed by atoms with E-state index in [1.807, 2.05) is 54.6 Å². The lowest BCUT2D eigenvalue weighted by molar-refractivity contribution is -0.229. The van der Waals surface area contributed by atoms with Crippen LogP contribution in [0.3, 0.4) is 0 Å². The number of hydrogen-bond donors (Lipinski definition) is 0. The highest BCUT2D eigenvalue weighted by molar-refractivity contribution is 5.65. The van der Waals surface area contributed by atoms with Crippen molar-refractivity contribution >= 4 is 6.29 Å². The maximum absolute atomic E-state index is 12.9. The molecule has 0 spiro atoms. The van der Waals surface area contributed by atoms with Crippen LogP contribution in [0.4, 0.5) is 0 Å². The van der Waals surface area contributed by atoms with E-state index in [-0.39, 0.29) is 18.8 Å². The number of carbonyl (C=O) groups excluding carboxylic acids is 1. The van der Waals surface area contributed by atoms with Crippen LogP contribution < -0.4 is 0 Å². The van der Waals surface area contributed by atoms with Gasteiger partial charge in [-0.3, -0.25) is 0 Å². The number of rotatable bonds is 13. The summed E-state index contributed by atoms with van der Waals surface area (Å²) in [7, 11) is 1.63. The molecule has 0 aliphatic heterocycles. The SMILES string of the molecule is C=CC[C@]1(C=O)[C@@H]2C[C@@](OCOC)(C[C@@H]2OCc2ccccc2)[C@@]1(C)COCc1ccccc1. The Kier molecular flexibility index (Phi) is 7.68. The number of allylic oxidation sites excluding steroid dienone is 1. The molecular weight excluding hydrogens is 428 g/mol. The second-order valence-corrected chi connectivity index (χ2v) is 9.86. The first-order valence-corrected chi connectivity index (χ1v) is 12.0. The third-order valence-corrected chi connectivity index (χ3v) is 8.18. The minimum absolute atomic E-state index is 0.00823. The van der Waals surface area contributed by atoms with Crippen LogP contribution in [-0.2, 0) is 37.0 Å². The van der Waals surface area contributed by atoms with Crippen LogP contribution >= 0.6 is 0 Å². The molecule has 2 bridgehead atoms. The second-order valence-electron chi connectivity index (χ2n) is 9.86. The Labute approximate surface area is 203 Å². The Morgan fingerprint density at radius 1 is 1.00 bits per heavy atom. The molecule has 2 saturated carbocycles. The molecule has 0 aromatic heterocycles. The Bertz CT molecular complexity index is 948. The Balaban J connectivity index is 1.61. The summed E-state index contributed by atoms with van der Waals surface area (Å²) in [6, 6.07) is 20.2. The van der Waals surface area contributed by atoms with Crippen LogP contribution in [0.25, 0.3) is 0 Å². The van der Waals surface area contributed by atoms with Crippen LogP contribution in [0.15, 0.2) is 73.3 Å². The third-order valence-electron chi connectivity index (χ3n) is 8.18. The van der Waals surface area contributed by atoms with E-state index in [4.69, 9.17) is 18.9 Å². The molecule has 2 fully saturated rings. The topological polar surface area (TPSA) is 54.0 Å². The first-order chi connectivity index (χ1) is 16.5. The summed E-state index contributed by atoms with van der Waals surface area (Å²) < 4.78 is 24.5. The fourth-order valence-electron chi connectivity index (χ4n) is 6.33. The fourth-order valence-corrected chi connectivity index (χ4v) is 6.33. The Morgan fingerprint density at radius 3 is 2.24 bits per heavy atom. The summed E-state index contributed by atoms with van der Waals surface area (Å²) in [5.41, 5.74) is 0.381. The molecular formula is C29H36O5. The lowest BCUT2D eigenvalue weighted by Crippen LogP contribution is -2.60. The van der Waals surface area contributed by atoms with Gasteiger partial charge in [0.2, 0.25) is 0 Å². The van der Waals surface area contributed by atoms with E-state index in [0.717, 1.165) is 23.8 Å². The van der Waals surface area contributed by atoms with Gasteiger partial charge in [-0.05, 0) is 24.0 Å². The van der Waals surface area contributed by atoms with E-state index >= 15 is 0 Å². The van der Waals surface area contributed by atoms with Crippen LogP contribution in [0.2, 0.25) is 0 Å². The van der Waals surface area contributed by atoms with E-state index in [1.54, 1.807) is 7.11 Å². The molecule has 5 atom stereocenters. The van der Waals surface area contributed by atoms with Gasteiger partial charge in [-0.25, -0.2) is 0 Å². The predicted molar refractivity (Wildman–Crippen MR) is 131 cm³/mol. The number of ether oxygens (including phenoxy) is 4. The van der Waals surface area contributed by atoms with Gasteiger partial charge in [-0.2, -0.15) is 0 Å². The summed E-state index contributed by atoms with van der Waals surface area (Å²) in [5.74, 6) is 0.00823. The van der Waals surface area contributed by atoms with Crippen molar-refractivity contribution in [3.63, 3.8) is 0 Å². The molecule has 0 N–H and O–H groups in total. The maximum atomic E-state index is 12.9. The maximum Gasteiger partial charge on any atom is 0.147 e. The van der Waals surface area contributed by atoms with Gasteiger partial charge in [0.25, 0.3) is 0 Å². The first kappa shape index (κ1) is 24.8. The summed E-state index contributed by atoms with van der Waals surface area (Å²) >= 11 is 0. The molecule has 0 amide bonds. The fraction of sp³-hybridized carbons (Fsp3) is 0.483. The largest absolute Gasteiger partial charge is 0.376 e. The highest BCUT2D eigenvalue weighted by Gasteiger charge is 2.76. The molecule has 2 aliphatic rings. The lowest BCUT2D eigenvalue weighted by atomic mass is 9.54. The molecule has 5 heteroatoms. The molecule has 2 aromatic rings. The smallest absolute Gasteiger partial charge is 0.147 e. The van der Waals surface area contributed by atoms with Gasteiger partial charge >= 0.3 is 0 Å². The Morgan fingerprint density at radius 2 is 1.65 bits per heavy atom. The van der Waals surface area contributed by atoms with Crippen molar-refractivity contribution < 1.29 is 23.7 Å². The van der Waals surface area contributed by atoms with E-state index in [0.29, 0.717) is 32.7 Å². The molecule has 0 unspecified atom stereocenters. The Hall–Kier alpha value is -2.31. The highest BCUT2D eigenvalue weighted by atomic mass is 16.7. The molecule has 2 aromatic carbocycles. The van der Waals surface area contributed by atoms with Crippen molar-refractivity contribution in [2.24, 2.45) is 16.7 Å². The third kappa shape index (κ3) is 4.27. The van der Waals surface area contributed by atoms with Crippen molar-refractivity contribution in [2.75, 3.05) is 20.5 Å². The average Bonchev–Trinajstić information content (AvgIpc) is 3.34. The van der Waals surface area contributed by atoms with Gasteiger partial charge in [0.15, 0.2) is 0 Å². The number of methoxy groups -OCH3 is 1. The molecule has 0 saturated heterocycles. The van der Waals surface area contributed by atoms with Gasteiger partial charge in [-0.1, -0.05) is 73.7 Å². The minimum Gasteiger partial charge on any atom is -0.376 e. The summed E-state index contributed by atoms with van der Waals surface area (Å²) in [5, 5.41) is 0. The van der Waals surface area contributed by atoms with Crippen molar-refractivity contribution in [2.45, 2.75) is 51.1 Å². The minimum atomic E-state index is -0.696. The quantitative estimate of drug-likeness (QED) is 0.228. The zero-order valence-corrected chi connectivity index (χ0v) is 20.3. The zero-order chi connectivity index (χ0) is 24.1. The highest BCUT2D eigenvalue weighted by Crippen LogP contribution is 2.71. The molecule has 5 nitrogen and oxygen atoms in total. The number of hydrogen-bond acceptors (Lipinski definition) is 5. The number of benzene rings is 2. The van der Waals surface area contributed by atoms with Gasteiger partial charge in [0, 0.05) is 30.3 Å². The van der Waals surface area contributed by atoms with Crippen LogP contribution in [0.1, 0.15) is 37.3 Å². The van der Waals surface area contributed by atoms with Crippen molar-refractivity contribution in [1.82, 2.24) is 0 Å². The van der Waals surface area contributed by atoms with Crippen molar-refractivity contribution in [3.05, 3.63) is 84.4 Å². The molecule has 182 valence electrons. The van der Waals surface area contributed by atoms with Crippen molar-refractivity contribution in [1.29, 1.82) is 0 Å². The van der Waals surface area contributed by atoms with Gasteiger partial charge in [0.1, 0.15) is 13.1 Å². The van der Waals surface area contributed by atoms with Gasteiger partial charge < -0.3 is 23.7 Å². The molecule has 0 heterocycles. The number of carbonyl (C=O) groups is 1. The van der Waals surface area contributed by atoms with Crippen LogP contribution in [0.5, 0.6) is 0 Å². The van der Waals surface area contributed by atoms with E-state index in [2.05, 4.69) is 25.6 Å². The van der Waals surface area contributed by atoms with Gasteiger partial charge in [-0.15, -0.1) is 6.58 Å². The summed E-state index contributed by atoms with van der Waals surface area (Å²) in [4.78, 5) is 12.9. The summed E-state index contributed by atoms with van der Waals surface area (Å²) in [6.45, 7) is 7.69. The molecule has 4 rings (SSSR count). The van der Waals surface area contributed by atoms with E-state index in [1.165, 1.54) is 0 Å². The average molecular weight is 465 g/mol. The van der Waals surface area contributed by atoms with Crippen LogP contribution in [0, 0.1) is 16.7 Å². The number of fused-ring (bicyclic) bond motifs is 2. The zero-order valence-electron chi connectivity index (χ0n) is 20.3. The summed E-state index contributed by atoms with van der Waals surface area (Å²) in [6.07, 6.45) is 4.86. The predicted octanol–water partition coefficient (Wildman–Crippen LogP) is 5.34. The number of aldehydes is 1. The van der Waals surface area contributed by atoms with Crippen molar-refractivity contribution in [3.8, 4) is 0 Å². The lowest BCUT2D eigenvalue weighted by Gasteiger charge is -2.54.